The van der Waals surface area contributed by atoms with Crippen molar-refractivity contribution in [2.24, 2.45) is 0 Å². The van der Waals surface area contributed by atoms with Gasteiger partial charge in [-0.05, 0) is 55.5 Å². The quantitative estimate of drug-likeness (QED) is 0.366. The fraction of sp³-hybridized carbons (Fsp3) is 0.0870. The Bertz CT molecular complexity index is 974. The molecule has 0 aliphatic rings. The number of carbonyl (C=O) groups excluding carboxylic acids is 3. The third-order valence-electron chi connectivity index (χ3n) is 4.02. The molecule has 0 atom stereocenters. The van der Waals surface area contributed by atoms with Crippen molar-refractivity contribution in [3.05, 3.63) is 101 Å². The SMILES string of the molecule is Cc1ccc(C(=O)OCC(=O)c2ccc(OC(=O)c3ccccc3)cc2)cc1. The topological polar surface area (TPSA) is 69.7 Å². The number of aryl methyl sites for hydroxylation is 1. The maximum atomic E-state index is 12.2. The minimum Gasteiger partial charge on any atom is -0.454 e. The standard InChI is InChI=1S/C23H18O5/c1-16-7-9-19(10-8-16)22(25)27-15-21(24)17-11-13-20(14-12-17)28-23(26)18-5-3-2-4-6-18/h2-14H,15H2,1H3. The van der Waals surface area contributed by atoms with E-state index in [0.717, 1.165) is 5.56 Å². The van der Waals surface area contributed by atoms with Gasteiger partial charge >= 0.3 is 11.9 Å². The van der Waals surface area contributed by atoms with Crippen LogP contribution in [0.2, 0.25) is 0 Å². The van der Waals surface area contributed by atoms with E-state index in [-0.39, 0.29) is 12.4 Å². The average molecular weight is 374 g/mol. The summed E-state index contributed by atoms with van der Waals surface area (Å²) in [6.45, 7) is 1.55. The molecule has 0 saturated heterocycles. The first-order valence-corrected chi connectivity index (χ1v) is 8.67. The Labute approximate surface area is 162 Å². The number of hydrogen-bond acceptors (Lipinski definition) is 5. The molecule has 5 heteroatoms. The van der Waals surface area contributed by atoms with Crippen molar-refractivity contribution in [2.75, 3.05) is 6.61 Å². The Morgan fingerprint density at radius 2 is 1.25 bits per heavy atom. The van der Waals surface area contributed by atoms with Gasteiger partial charge in [0.05, 0.1) is 11.1 Å². The highest BCUT2D eigenvalue weighted by atomic mass is 16.5. The zero-order chi connectivity index (χ0) is 19.9. The Balaban J connectivity index is 1.55. The summed E-state index contributed by atoms with van der Waals surface area (Å²) in [5, 5.41) is 0. The molecule has 0 aliphatic heterocycles. The number of ether oxygens (including phenoxy) is 2. The molecule has 0 bridgehead atoms. The molecule has 0 saturated carbocycles. The van der Waals surface area contributed by atoms with Crippen molar-refractivity contribution in [3.63, 3.8) is 0 Å². The Kier molecular flexibility index (Phi) is 5.97. The highest BCUT2D eigenvalue weighted by molar-refractivity contribution is 5.99. The van der Waals surface area contributed by atoms with Crippen LogP contribution in [0.3, 0.4) is 0 Å². The number of carbonyl (C=O) groups is 3. The van der Waals surface area contributed by atoms with E-state index < -0.39 is 11.9 Å². The fourth-order valence-electron chi connectivity index (χ4n) is 2.44. The van der Waals surface area contributed by atoms with Crippen LogP contribution in [0.1, 0.15) is 36.6 Å². The summed E-state index contributed by atoms with van der Waals surface area (Å²) in [6, 6.07) is 21.6. The Hall–Kier alpha value is -3.73. The normalized spacial score (nSPS) is 10.2. The zero-order valence-electron chi connectivity index (χ0n) is 15.3. The molecule has 0 N–H and O–H groups in total. The van der Waals surface area contributed by atoms with E-state index in [1.807, 2.05) is 13.0 Å². The molecule has 0 radical (unpaired) electrons. The summed E-state index contributed by atoms with van der Waals surface area (Å²) in [6.07, 6.45) is 0. The van der Waals surface area contributed by atoms with Crippen LogP contribution < -0.4 is 4.74 Å². The van der Waals surface area contributed by atoms with Crippen molar-refractivity contribution in [1.29, 1.82) is 0 Å². The van der Waals surface area contributed by atoms with Gasteiger partial charge in [0.15, 0.2) is 12.4 Å². The van der Waals surface area contributed by atoms with Gasteiger partial charge in [-0.3, -0.25) is 4.79 Å². The lowest BCUT2D eigenvalue weighted by Gasteiger charge is -2.07. The van der Waals surface area contributed by atoms with E-state index >= 15 is 0 Å². The average Bonchev–Trinajstić information content (AvgIpc) is 2.73. The number of hydrogen-bond donors (Lipinski definition) is 0. The maximum absolute atomic E-state index is 12.2. The molecule has 140 valence electrons. The molecule has 0 aliphatic carbocycles. The van der Waals surface area contributed by atoms with Gasteiger partial charge in [-0.1, -0.05) is 35.9 Å². The van der Waals surface area contributed by atoms with Crippen LogP contribution in [0.15, 0.2) is 78.9 Å². The molecular weight excluding hydrogens is 356 g/mol. The summed E-state index contributed by atoms with van der Waals surface area (Å²) in [4.78, 5) is 36.2. The van der Waals surface area contributed by atoms with Gasteiger partial charge in [0.1, 0.15) is 5.75 Å². The molecular formula is C23H18O5. The van der Waals surface area contributed by atoms with Gasteiger partial charge in [0.2, 0.25) is 0 Å². The Morgan fingerprint density at radius 1 is 0.679 bits per heavy atom. The molecule has 28 heavy (non-hydrogen) atoms. The van der Waals surface area contributed by atoms with Gasteiger partial charge in [-0.2, -0.15) is 0 Å². The second-order valence-corrected chi connectivity index (χ2v) is 6.15. The molecule has 0 spiro atoms. The van der Waals surface area contributed by atoms with E-state index in [2.05, 4.69) is 0 Å². The summed E-state index contributed by atoms with van der Waals surface area (Å²) < 4.78 is 10.3. The van der Waals surface area contributed by atoms with Crippen LogP contribution in [0.25, 0.3) is 0 Å². The van der Waals surface area contributed by atoms with Gasteiger partial charge in [0.25, 0.3) is 0 Å². The molecule has 3 aromatic rings. The second-order valence-electron chi connectivity index (χ2n) is 6.15. The van der Waals surface area contributed by atoms with Crippen molar-refractivity contribution in [1.82, 2.24) is 0 Å². The van der Waals surface area contributed by atoms with Crippen LogP contribution in [0.4, 0.5) is 0 Å². The number of Topliss-reactive ketones (excluding diaryl/α,β-unsaturated/α-hetero) is 1. The molecule has 0 fully saturated rings. The van der Waals surface area contributed by atoms with Crippen LogP contribution in [0.5, 0.6) is 5.75 Å². The van der Waals surface area contributed by atoms with Crippen LogP contribution in [-0.2, 0) is 4.74 Å². The Morgan fingerprint density at radius 3 is 1.89 bits per heavy atom. The highest BCUT2D eigenvalue weighted by Gasteiger charge is 2.13. The van der Waals surface area contributed by atoms with Gasteiger partial charge in [-0.15, -0.1) is 0 Å². The van der Waals surface area contributed by atoms with Gasteiger partial charge in [0, 0.05) is 5.56 Å². The summed E-state index contributed by atoms with van der Waals surface area (Å²) >= 11 is 0. The highest BCUT2D eigenvalue weighted by Crippen LogP contribution is 2.15. The minimum absolute atomic E-state index is 0.321. The number of rotatable bonds is 6. The first-order chi connectivity index (χ1) is 13.5. The van der Waals surface area contributed by atoms with Crippen LogP contribution >= 0.6 is 0 Å². The minimum atomic E-state index is -0.554. The van der Waals surface area contributed by atoms with Crippen molar-refractivity contribution >= 4 is 17.7 Å². The zero-order valence-corrected chi connectivity index (χ0v) is 15.3. The largest absolute Gasteiger partial charge is 0.454 e. The van der Waals surface area contributed by atoms with Crippen molar-refractivity contribution < 1.29 is 23.9 Å². The van der Waals surface area contributed by atoms with E-state index in [1.54, 1.807) is 48.5 Å². The van der Waals surface area contributed by atoms with Crippen molar-refractivity contribution in [2.45, 2.75) is 6.92 Å². The molecule has 0 heterocycles. The molecule has 0 unspecified atom stereocenters. The molecule has 0 aromatic heterocycles. The van der Waals surface area contributed by atoms with E-state index in [1.165, 1.54) is 24.3 Å². The van der Waals surface area contributed by atoms with Gasteiger partial charge in [-0.25, -0.2) is 9.59 Å². The maximum Gasteiger partial charge on any atom is 0.343 e. The first-order valence-electron chi connectivity index (χ1n) is 8.67. The monoisotopic (exact) mass is 374 g/mol. The van der Waals surface area contributed by atoms with E-state index in [4.69, 9.17) is 9.47 Å². The summed E-state index contributed by atoms with van der Waals surface area (Å²) in [5.74, 6) is -1.06. The third-order valence-corrected chi connectivity index (χ3v) is 4.02. The molecule has 0 amide bonds. The third kappa shape index (κ3) is 4.92. The van der Waals surface area contributed by atoms with Crippen molar-refractivity contribution in [3.8, 4) is 5.75 Å². The summed E-state index contributed by atoms with van der Waals surface area (Å²) in [7, 11) is 0. The lowest BCUT2D eigenvalue weighted by molar-refractivity contribution is 0.0474. The predicted octanol–water partition coefficient (Wildman–Crippen LogP) is 4.25. The number of esters is 2. The second kappa shape index (κ2) is 8.77. The fourth-order valence-corrected chi connectivity index (χ4v) is 2.44. The number of ketones is 1. The first kappa shape index (κ1) is 19.0. The molecule has 5 nitrogen and oxygen atoms in total. The molecule has 3 rings (SSSR count). The lowest BCUT2D eigenvalue weighted by Crippen LogP contribution is -2.14. The number of benzene rings is 3. The van der Waals surface area contributed by atoms with Crippen LogP contribution in [0, 0.1) is 6.92 Å². The lowest BCUT2D eigenvalue weighted by atomic mass is 10.1. The predicted molar refractivity (Wildman–Crippen MR) is 104 cm³/mol. The van der Waals surface area contributed by atoms with E-state index in [0.29, 0.717) is 22.4 Å². The smallest absolute Gasteiger partial charge is 0.343 e. The van der Waals surface area contributed by atoms with Crippen LogP contribution in [-0.4, -0.2) is 24.3 Å². The van der Waals surface area contributed by atoms with Gasteiger partial charge < -0.3 is 9.47 Å². The molecule has 3 aromatic carbocycles. The van der Waals surface area contributed by atoms with E-state index in [9.17, 15) is 14.4 Å². The summed E-state index contributed by atoms with van der Waals surface area (Å²) in [5.41, 5.74) is 2.21.